The van der Waals surface area contributed by atoms with E-state index in [9.17, 15) is 0 Å². The van der Waals surface area contributed by atoms with Gasteiger partial charge in [-0.15, -0.1) is 0 Å². The molecule has 0 spiro atoms. The first-order valence-corrected chi connectivity index (χ1v) is 5.73. The van der Waals surface area contributed by atoms with Crippen molar-refractivity contribution in [2.24, 2.45) is 5.73 Å². The topological polar surface area (TPSA) is 60.2 Å². The molecule has 1 heterocycles. The third kappa shape index (κ3) is 4.12. The van der Waals surface area contributed by atoms with E-state index in [1.54, 1.807) is 6.20 Å². The van der Waals surface area contributed by atoms with Crippen LogP contribution in [0.5, 0.6) is 0 Å². The van der Waals surface area contributed by atoms with Gasteiger partial charge in [0.05, 0.1) is 5.69 Å². The van der Waals surface area contributed by atoms with Crippen LogP contribution < -0.4 is 11.1 Å². The summed E-state index contributed by atoms with van der Waals surface area (Å²) < 4.78 is 5.24. The molecule has 0 aliphatic heterocycles. The normalized spacial score (nSPS) is 10.1. The van der Waals surface area contributed by atoms with Crippen LogP contribution in [0.3, 0.4) is 0 Å². The number of hydrogen-bond donors (Lipinski definition) is 2. The van der Waals surface area contributed by atoms with Gasteiger partial charge in [-0.1, -0.05) is 12.2 Å². The van der Waals surface area contributed by atoms with Crippen LogP contribution in [0.4, 0.5) is 5.69 Å². The van der Waals surface area contributed by atoms with E-state index >= 15 is 0 Å². The Labute approximate surface area is 101 Å². The molecule has 5 heteroatoms. The molecule has 0 aromatic carbocycles. The maximum absolute atomic E-state index is 5.57. The molecular weight excluding hydrogens is 222 g/mol. The van der Waals surface area contributed by atoms with Crippen LogP contribution in [-0.2, 0) is 4.74 Å². The van der Waals surface area contributed by atoms with Crippen molar-refractivity contribution in [3.63, 3.8) is 0 Å². The predicted molar refractivity (Wildman–Crippen MR) is 69.7 cm³/mol. The van der Waals surface area contributed by atoms with Gasteiger partial charge < -0.3 is 15.8 Å². The fourth-order valence-corrected chi connectivity index (χ4v) is 1.45. The summed E-state index contributed by atoms with van der Waals surface area (Å²) >= 11 is 4.92. The number of ether oxygens (including phenoxy) is 1. The minimum absolute atomic E-state index is 0.313. The molecule has 4 nitrogen and oxygen atoms in total. The quantitative estimate of drug-likeness (QED) is 0.558. The van der Waals surface area contributed by atoms with Crippen LogP contribution in [-0.4, -0.2) is 29.7 Å². The Balaban J connectivity index is 2.44. The molecule has 16 heavy (non-hydrogen) atoms. The number of anilines is 1. The molecular formula is C11H17N3OS. The number of hydrogen-bond acceptors (Lipinski definition) is 4. The van der Waals surface area contributed by atoms with Crippen LogP contribution in [0.1, 0.15) is 19.0 Å². The highest BCUT2D eigenvalue weighted by Crippen LogP contribution is 2.11. The standard InChI is InChI=1S/C11H17N3OS/c1-2-15-8-4-7-13-9-5-3-6-14-10(9)11(12)16/h3,5-6,13H,2,4,7-8H2,1H3,(H2,12,16). The second kappa shape index (κ2) is 7.14. The van der Waals surface area contributed by atoms with E-state index in [4.69, 9.17) is 22.7 Å². The molecule has 0 atom stereocenters. The first-order chi connectivity index (χ1) is 7.75. The van der Waals surface area contributed by atoms with Crippen molar-refractivity contribution in [3.05, 3.63) is 24.0 Å². The first kappa shape index (κ1) is 12.9. The predicted octanol–water partition coefficient (Wildman–Crippen LogP) is 1.55. The van der Waals surface area contributed by atoms with E-state index in [0.29, 0.717) is 10.7 Å². The third-order valence-electron chi connectivity index (χ3n) is 2.03. The van der Waals surface area contributed by atoms with E-state index in [0.717, 1.165) is 31.9 Å². The number of pyridine rings is 1. The smallest absolute Gasteiger partial charge is 0.124 e. The van der Waals surface area contributed by atoms with Crippen molar-refractivity contribution >= 4 is 22.9 Å². The summed E-state index contributed by atoms with van der Waals surface area (Å²) in [5.74, 6) is 0. The minimum Gasteiger partial charge on any atom is -0.388 e. The Morgan fingerprint density at radius 1 is 1.62 bits per heavy atom. The van der Waals surface area contributed by atoms with Gasteiger partial charge in [0.25, 0.3) is 0 Å². The number of rotatable bonds is 7. The summed E-state index contributed by atoms with van der Waals surface area (Å²) in [6.45, 7) is 4.32. The molecule has 1 rings (SSSR count). The summed E-state index contributed by atoms with van der Waals surface area (Å²) in [5, 5.41) is 3.24. The van der Waals surface area contributed by atoms with Crippen molar-refractivity contribution in [1.82, 2.24) is 4.98 Å². The highest BCUT2D eigenvalue weighted by atomic mass is 32.1. The number of aromatic nitrogens is 1. The molecule has 3 N–H and O–H groups in total. The Bertz CT molecular complexity index is 344. The zero-order chi connectivity index (χ0) is 11.8. The molecule has 0 radical (unpaired) electrons. The summed E-state index contributed by atoms with van der Waals surface area (Å²) in [4.78, 5) is 4.45. The van der Waals surface area contributed by atoms with Gasteiger partial charge in [-0.05, 0) is 25.5 Å². The molecule has 1 aromatic heterocycles. The first-order valence-electron chi connectivity index (χ1n) is 5.32. The molecule has 0 amide bonds. The largest absolute Gasteiger partial charge is 0.388 e. The SMILES string of the molecule is CCOCCCNc1cccnc1C(N)=S. The van der Waals surface area contributed by atoms with Crippen molar-refractivity contribution in [3.8, 4) is 0 Å². The van der Waals surface area contributed by atoms with E-state index < -0.39 is 0 Å². The van der Waals surface area contributed by atoms with Gasteiger partial charge in [-0.25, -0.2) is 0 Å². The Hall–Kier alpha value is -1.20. The lowest BCUT2D eigenvalue weighted by molar-refractivity contribution is 0.147. The number of thiocarbonyl (C=S) groups is 1. The lowest BCUT2D eigenvalue weighted by atomic mass is 10.3. The van der Waals surface area contributed by atoms with Crippen molar-refractivity contribution in [2.75, 3.05) is 25.1 Å². The van der Waals surface area contributed by atoms with Gasteiger partial charge in [-0.2, -0.15) is 0 Å². The summed E-state index contributed by atoms with van der Waals surface area (Å²) in [6.07, 6.45) is 2.62. The average Bonchev–Trinajstić information content (AvgIpc) is 2.29. The monoisotopic (exact) mass is 239 g/mol. The molecule has 1 aromatic rings. The van der Waals surface area contributed by atoms with Gasteiger partial charge in [0, 0.05) is 26.0 Å². The molecule has 0 aliphatic carbocycles. The van der Waals surface area contributed by atoms with E-state index in [1.807, 2.05) is 19.1 Å². The van der Waals surface area contributed by atoms with E-state index in [2.05, 4.69) is 10.3 Å². The lowest BCUT2D eigenvalue weighted by Crippen LogP contribution is -2.16. The van der Waals surface area contributed by atoms with Crippen LogP contribution in [0.2, 0.25) is 0 Å². The fourth-order valence-electron chi connectivity index (χ4n) is 1.29. The molecule has 0 saturated carbocycles. The van der Waals surface area contributed by atoms with Gasteiger partial charge in [0.2, 0.25) is 0 Å². The average molecular weight is 239 g/mol. The van der Waals surface area contributed by atoms with E-state index in [-0.39, 0.29) is 0 Å². The summed E-state index contributed by atoms with van der Waals surface area (Å²) in [7, 11) is 0. The Morgan fingerprint density at radius 3 is 3.12 bits per heavy atom. The Kier molecular flexibility index (Phi) is 5.74. The molecule has 0 fully saturated rings. The lowest BCUT2D eigenvalue weighted by Gasteiger charge is -2.09. The van der Waals surface area contributed by atoms with Gasteiger partial charge in [0.1, 0.15) is 10.7 Å². The summed E-state index contributed by atoms with van der Waals surface area (Å²) in [6, 6.07) is 3.77. The zero-order valence-electron chi connectivity index (χ0n) is 9.40. The van der Waals surface area contributed by atoms with Crippen LogP contribution in [0, 0.1) is 0 Å². The highest BCUT2D eigenvalue weighted by Gasteiger charge is 2.04. The van der Waals surface area contributed by atoms with Gasteiger partial charge in [-0.3, -0.25) is 4.98 Å². The molecule has 0 saturated heterocycles. The minimum atomic E-state index is 0.313. The van der Waals surface area contributed by atoms with Gasteiger partial charge >= 0.3 is 0 Å². The second-order valence-corrected chi connectivity index (χ2v) is 3.68. The second-order valence-electron chi connectivity index (χ2n) is 3.24. The van der Waals surface area contributed by atoms with Crippen molar-refractivity contribution in [1.29, 1.82) is 0 Å². The van der Waals surface area contributed by atoms with E-state index in [1.165, 1.54) is 0 Å². The molecule has 0 bridgehead atoms. The van der Waals surface area contributed by atoms with Crippen LogP contribution in [0.15, 0.2) is 18.3 Å². The molecule has 0 aliphatic rings. The highest BCUT2D eigenvalue weighted by molar-refractivity contribution is 7.80. The molecule has 88 valence electrons. The number of nitrogens with one attached hydrogen (secondary N) is 1. The fraction of sp³-hybridized carbons (Fsp3) is 0.455. The van der Waals surface area contributed by atoms with Crippen molar-refractivity contribution < 1.29 is 4.74 Å². The number of nitrogens with zero attached hydrogens (tertiary/aromatic N) is 1. The van der Waals surface area contributed by atoms with Gasteiger partial charge in [0.15, 0.2) is 0 Å². The maximum Gasteiger partial charge on any atom is 0.124 e. The Morgan fingerprint density at radius 2 is 2.44 bits per heavy atom. The third-order valence-corrected chi connectivity index (χ3v) is 2.22. The van der Waals surface area contributed by atoms with Crippen molar-refractivity contribution in [2.45, 2.75) is 13.3 Å². The molecule has 0 unspecified atom stereocenters. The summed E-state index contributed by atoms with van der Waals surface area (Å²) in [5.41, 5.74) is 7.10. The zero-order valence-corrected chi connectivity index (χ0v) is 10.2. The van der Waals surface area contributed by atoms with Crippen LogP contribution >= 0.6 is 12.2 Å². The number of nitrogens with two attached hydrogens (primary N) is 1. The van der Waals surface area contributed by atoms with Crippen LogP contribution in [0.25, 0.3) is 0 Å². The maximum atomic E-state index is 5.57.